The predicted octanol–water partition coefficient (Wildman–Crippen LogP) is 3.35. The molecule has 1 aromatic rings. The maximum Gasteiger partial charge on any atom is 0.244 e. The SMILES string of the molecule is CN(C)C1(CN(C)S(=O)(=O)c2cc(CCl)sc2Br)CCC1. The Kier molecular flexibility index (Phi) is 5.43. The number of hydrogen-bond donors (Lipinski definition) is 0. The molecule has 1 aromatic heterocycles. The molecule has 0 unspecified atom stereocenters. The molecule has 1 aliphatic carbocycles. The summed E-state index contributed by atoms with van der Waals surface area (Å²) in [4.78, 5) is 3.32. The van der Waals surface area contributed by atoms with Gasteiger partial charge in [0, 0.05) is 24.0 Å². The van der Waals surface area contributed by atoms with Gasteiger partial charge in [-0.3, -0.25) is 0 Å². The molecule has 0 bridgehead atoms. The first-order valence-electron chi connectivity index (χ1n) is 6.71. The third-order valence-electron chi connectivity index (χ3n) is 4.28. The van der Waals surface area contributed by atoms with Crippen LogP contribution in [-0.2, 0) is 15.9 Å². The first-order chi connectivity index (χ1) is 9.73. The molecular weight excluding hydrogens is 396 g/mol. The minimum absolute atomic E-state index is 0.0281. The lowest BCUT2D eigenvalue weighted by Crippen LogP contribution is -2.57. The van der Waals surface area contributed by atoms with Crippen molar-refractivity contribution in [3.8, 4) is 0 Å². The van der Waals surface area contributed by atoms with E-state index >= 15 is 0 Å². The maximum atomic E-state index is 12.8. The van der Waals surface area contributed by atoms with Gasteiger partial charge >= 0.3 is 0 Å². The Morgan fingerprint density at radius 2 is 2.00 bits per heavy atom. The van der Waals surface area contributed by atoms with E-state index in [-0.39, 0.29) is 5.54 Å². The van der Waals surface area contributed by atoms with Gasteiger partial charge in [0.1, 0.15) is 4.90 Å². The molecule has 1 heterocycles. The summed E-state index contributed by atoms with van der Waals surface area (Å²) >= 11 is 10.5. The van der Waals surface area contributed by atoms with Crippen molar-refractivity contribution in [2.45, 2.75) is 35.6 Å². The molecule has 1 saturated carbocycles. The highest BCUT2D eigenvalue weighted by molar-refractivity contribution is 9.11. The van der Waals surface area contributed by atoms with Crippen molar-refractivity contribution >= 4 is 48.9 Å². The minimum atomic E-state index is -3.49. The van der Waals surface area contributed by atoms with Gasteiger partial charge in [-0.05, 0) is 55.4 Å². The Morgan fingerprint density at radius 3 is 2.38 bits per heavy atom. The monoisotopic (exact) mass is 414 g/mol. The van der Waals surface area contributed by atoms with Crippen molar-refractivity contribution in [3.63, 3.8) is 0 Å². The average molecular weight is 416 g/mol. The number of rotatable bonds is 6. The van der Waals surface area contributed by atoms with E-state index in [4.69, 9.17) is 11.6 Å². The Labute approximate surface area is 144 Å². The highest BCUT2D eigenvalue weighted by Crippen LogP contribution is 2.39. The molecule has 4 nitrogen and oxygen atoms in total. The van der Waals surface area contributed by atoms with Crippen LogP contribution >= 0.6 is 38.9 Å². The predicted molar refractivity (Wildman–Crippen MR) is 91.7 cm³/mol. The second-order valence-corrected chi connectivity index (χ2v) is 10.5. The van der Waals surface area contributed by atoms with Crippen LogP contribution in [0.5, 0.6) is 0 Å². The van der Waals surface area contributed by atoms with Gasteiger partial charge in [0.05, 0.1) is 9.67 Å². The van der Waals surface area contributed by atoms with Crippen molar-refractivity contribution < 1.29 is 8.42 Å². The van der Waals surface area contributed by atoms with E-state index < -0.39 is 10.0 Å². The molecule has 0 aromatic carbocycles. The summed E-state index contributed by atoms with van der Waals surface area (Å²) in [6.45, 7) is 0.515. The zero-order valence-electron chi connectivity index (χ0n) is 12.4. The van der Waals surface area contributed by atoms with E-state index in [9.17, 15) is 8.42 Å². The van der Waals surface area contributed by atoms with Gasteiger partial charge in [-0.15, -0.1) is 22.9 Å². The summed E-state index contributed by atoms with van der Waals surface area (Å²) < 4.78 is 27.6. The fourth-order valence-corrected chi connectivity index (χ4v) is 6.61. The van der Waals surface area contributed by atoms with Crippen molar-refractivity contribution in [2.75, 3.05) is 27.7 Å². The Morgan fingerprint density at radius 1 is 1.38 bits per heavy atom. The lowest BCUT2D eigenvalue weighted by molar-refractivity contribution is 0.0455. The normalized spacial score (nSPS) is 18.2. The molecule has 1 fully saturated rings. The molecule has 0 aliphatic heterocycles. The summed E-state index contributed by atoms with van der Waals surface area (Å²) in [7, 11) is 2.21. The van der Waals surface area contributed by atoms with E-state index in [1.54, 1.807) is 13.1 Å². The van der Waals surface area contributed by atoms with Gasteiger partial charge < -0.3 is 4.90 Å². The van der Waals surface area contributed by atoms with Crippen LogP contribution in [0, 0.1) is 0 Å². The van der Waals surface area contributed by atoms with Gasteiger partial charge in [-0.2, -0.15) is 4.31 Å². The summed E-state index contributed by atoms with van der Waals surface area (Å²) in [6.07, 6.45) is 3.24. The number of nitrogens with zero attached hydrogens (tertiary/aromatic N) is 2. The maximum absolute atomic E-state index is 12.8. The first kappa shape index (κ1) is 17.7. The minimum Gasteiger partial charge on any atom is -0.302 e. The third-order valence-corrected chi connectivity index (χ3v) is 8.78. The number of likely N-dealkylation sites (N-methyl/N-ethyl adjacent to an activating group) is 2. The molecule has 0 N–H and O–H groups in total. The molecule has 0 radical (unpaired) electrons. The van der Waals surface area contributed by atoms with Crippen LogP contribution in [-0.4, -0.2) is 50.8 Å². The average Bonchev–Trinajstić information content (AvgIpc) is 2.74. The van der Waals surface area contributed by atoms with E-state index in [0.717, 1.165) is 24.1 Å². The van der Waals surface area contributed by atoms with Crippen LogP contribution in [0.4, 0.5) is 0 Å². The summed E-state index contributed by atoms with van der Waals surface area (Å²) in [5.41, 5.74) is -0.0281. The third kappa shape index (κ3) is 3.33. The Bertz CT molecular complexity index is 612. The van der Waals surface area contributed by atoms with Gasteiger partial charge in [0.2, 0.25) is 10.0 Å². The van der Waals surface area contributed by atoms with Gasteiger partial charge in [0.15, 0.2) is 0 Å². The fraction of sp³-hybridized carbons (Fsp3) is 0.692. The summed E-state index contributed by atoms with van der Waals surface area (Å²) in [5, 5.41) is 0. The molecule has 120 valence electrons. The quantitative estimate of drug-likeness (QED) is 0.669. The first-order valence-corrected chi connectivity index (χ1v) is 10.3. The number of hydrogen-bond acceptors (Lipinski definition) is 4. The van der Waals surface area contributed by atoms with Gasteiger partial charge in [-0.1, -0.05) is 0 Å². The van der Waals surface area contributed by atoms with E-state index in [2.05, 4.69) is 20.8 Å². The molecule has 2 rings (SSSR count). The van der Waals surface area contributed by atoms with E-state index in [0.29, 0.717) is 21.1 Å². The van der Waals surface area contributed by atoms with Gasteiger partial charge in [-0.25, -0.2) is 8.42 Å². The standard InChI is InChI=1S/C13H20BrClN2O2S2/c1-16(2)13(5-4-6-13)9-17(3)21(18,19)11-7-10(8-15)20-12(11)14/h7H,4-6,8-9H2,1-3H3. The van der Waals surface area contributed by atoms with Crippen LogP contribution < -0.4 is 0 Å². The molecule has 0 atom stereocenters. The van der Waals surface area contributed by atoms with Gasteiger partial charge in [0.25, 0.3) is 0 Å². The van der Waals surface area contributed by atoms with Crippen molar-refractivity contribution in [1.29, 1.82) is 0 Å². The van der Waals surface area contributed by atoms with Crippen molar-refractivity contribution in [3.05, 3.63) is 14.7 Å². The van der Waals surface area contributed by atoms with Crippen LogP contribution in [0.2, 0.25) is 0 Å². The largest absolute Gasteiger partial charge is 0.302 e. The zero-order valence-corrected chi connectivity index (χ0v) is 16.4. The summed E-state index contributed by atoms with van der Waals surface area (Å²) in [6, 6.07) is 1.66. The fourth-order valence-electron chi connectivity index (χ4n) is 2.64. The Balaban J connectivity index is 2.24. The second-order valence-electron chi connectivity index (χ2n) is 5.72. The number of thiophene rings is 1. The lowest BCUT2D eigenvalue weighted by Gasteiger charge is -2.48. The molecular formula is C13H20BrClN2O2S2. The number of sulfonamides is 1. The highest BCUT2D eigenvalue weighted by atomic mass is 79.9. The van der Waals surface area contributed by atoms with Crippen LogP contribution in [0.25, 0.3) is 0 Å². The van der Waals surface area contributed by atoms with Crippen LogP contribution in [0.1, 0.15) is 24.1 Å². The van der Waals surface area contributed by atoms with Crippen molar-refractivity contribution in [2.24, 2.45) is 0 Å². The summed E-state index contributed by atoms with van der Waals surface area (Å²) in [5.74, 6) is 0.324. The molecule has 1 aliphatic rings. The topological polar surface area (TPSA) is 40.6 Å². The van der Waals surface area contributed by atoms with Crippen LogP contribution in [0.3, 0.4) is 0 Å². The van der Waals surface area contributed by atoms with E-state index in [1.807, 2.05) is 14.1 Å². The highest BCUT2D eigenvalue weighted by Gasteiger charge is 2.42. The lowest BCUT2D eigenvalue weighted by atomic mass is 9.75. The number of alkyl halides is 1. The zero-order chi connectivity index (χ0) is 15.8. The molecule has 8 heteroatoms. The molecule has 0 amide bonds. The molecule has 0 spiro atoms. The van der Waals surface area contributed by atoms with E-state index in [1.165, 1.54) is 15.6 Å². The van der Waals surface area contributed by atoms with Crippen LogP contribution in [0.15, 0.2) is 14.7 Å². The second kappa shape index (κ2) is 6.45. The Hall–Kier alpha value is 0.340. The number of halogens is 2. The smallest absolute Gasteiger partial charge is 0.244 e. The van der Waals surface area contributed by atoms with Crippen molar-refractivity contribution in [1.82, 2.24) is 9.21 Å². The molecule has 0 saturated heterocycles. The molecule has 21 heavy (non-hydrogen) atoms.